The molecular weight excluding hydrogens is 474 g/mol. The second-order valence-electron chi connectivity index (χ2n) is 9.23. The molecule has 0 bridgehead atoms. The number of nitrogens with one attached hydrogen (secondary N) is 1. The number of benzene rings is 2. The van der Waals surface area contributed by atoms with Crippen molar-refractivity contribution < 1.29 is 22.5 Å². The van der Waals surface area contributed by atoms with Gasteiger partial charge in [0.25, 0.3) is 0 Å². The summed E-state index contributed by atoms with van der Waals surface area (Å²) in [6, 6.07) is 8.69. The van der Waals surface area contributed by atoms with Crippen LogP contribution in [0, 0.1) is 31.4 Å². The first-order chi connectivity index (χ1) is 16.6. The molecule has 0 radical (unpaired) electrons. The minimum absolute atomic E-state index is 0.0259. The summed E-state index contributed by atoms with van der Waals surface area (Å²) >= 11 is 5.78. The maximum atomic E-state index is 14.6. The molecule has 2 aromatic carbocycles. The van der Waals surface area contributed by atoms with Gasteiger partial charge in [-0.1, -0.05) is 36.7 Å². The SMILES string of the molecule is Cc1noc(C)c1-c1cc2cc(CC(=O)NC(CCC(C)C)c3c(F)cc(Cl)cc3F)ccc2o1. The Morgan fingerprint density at radius 1 is 1.09 bits per heavy atom. The zero-order chi connectivity index (χ0) is 25.3. The second kappa shape index (κ2) is 10.2. The first-order valence-electron chi connectivity index (χ1n) is 11.5. The molecule has 1 unspecified atom stereocenters. The number of aryl methyl sites for hydroxylation is 2. The fraction of sp³-hybridized carbons (Fsp3) is 0.333. The smallest absolute Gasteiger partial charge is 0.224 e. The monoisotopic (exact) mass is 500 g/mol. The Morgan fingerprint density at radius 2 is 1.80 bits per heavy atom. The summed E-state index contributed by atoms with van der Waals surface area (Å²) in [6.07, 6.45) is 1.15. The largest absolute Gasteiger partial charge is 0.456 e. The molecule has 0 spiro atoms. The summed E-state index contributed by atoms with van der Waals surface area (Å²) in [5.41, 5.74) is 2.79. The Kier molecular flexibility index (Phi) is 7.26. The molecule has 1 N–H and O–H groups in total. The first kappa shape index (κ1) is 24.9. The molecule has 0 fully saturated rings. The zero-order valence-electron chi connectivity index (χ0n) is 20.0. The van der Waals surface area contributed by atoms with Crippen LogP contribution in [0.4, 0.5) is 8.78 Å². The van der Waals surface area contributed by atoms with E-state index in [9.17, 15) is 13.6 Å². The molecule has 184 valence electrons. The lowest BCUT2D eigenvalue weighted by Crippen LogP contribution is -2.31. The van der Waals surface area contributed by atoms with Crippen molar-refractivity contribution >= 4 is 28.5 Å². The molecule has 1 amide bonds. The number of aromatic nitrogens is 1. The van der Waals surface area contributed by atoms with Crippen LogP contribution in [0.5, 0.6) is 0 Å². The van der Waals surface area contributed by atoms with Crippen LogP contribution in [0.1, 0.15) is 55.3 Å². The van der Waals surface area contributed by atoms with Gasteiger partial charge < -0.3 is 14.3 Å². The lowest BCUT2D eigenvalue weighted by atomic mass is 9.96. The molecule has 2 heterocycles. The van der Waals surface area contributed by atoms with Gasteiger partial charge >= 0.3 is 0 Å². The van der Waals surface area contributed by atoms with Crippen molar-refractivity contribution in [1.82, 2.24) is 10.5 Å². The summed E-state index contributed by atoms with van der Waals surface area (Å²) in [6.45, 7) is 7.70. The van der Waals surface area contributed by atoms with E-state index < -0.39 is 17.7 Å². The van der Waals surface area contributed by atoms with E-state index in [-0.39, 0.29) is 22.9 Å². The number of rotatable bonds is 8. The molecule has 1 atom stereocenters. The highest BCUT2D eigenvalue weighted by Crippen LogP contribution is 2.33. The van der Waals surface area contributed by atoms with Gasteiger partial charge in [-0.2, -0.15) is 0 Å². The minimum atomic E-state index is -0.800. The molecular formula is C27H27ClF2N2O3. The standard InChI is InChI=1S/C27H27ClF2N2O3/c1-14(2)5-7-22(27-20(29)12-19(28)13-21(27)30)31-25(33)10-17-6-8-23-18(9-17)11-24(34-23)26-15(3)32-35-16(26)4/h6,8-9,11-14,22H,5,7,10H2,1-4H3,(H,31,33). The summed E-state index contributed by atoms with van der Waals surface area (Å²) in [5.74, 6) is -0.258. The average Bonchev–Trinajstić information content (AvgIpc) is 3.32. The molecule has 0 aliphatic rings. The molecule has 5 nitrogen and oxygen atoms in total. The van der Waals surface area contributed by atoms with Gasteiger partial charge in [0.1, 0.15) is 28.7 Å². The molecule has 35 heavy (non-hydrogen) atoms. The van der Waals surface area contributed by atoms with E-state index in [1.54, 1.807) is 12.1 Å². The summed E-state index contributed by atoms with van der Waals surface area (Å²) < 4.78 is 40.4. The predicted octanol–water partition coefficient (Wildman–Crippen LogP) is 7.47. The lowest BCUT2D eigenvalue weighted by Gasteiger charge is -2.21. The van der Waals surface area contributed by atoms with Crippen molar-refractivity contribution in [2.45, 2.75) is 53.0 Å². The summed E-state index contributed by atoms with van der Waals surface area (Å²) in [4.78, 5) is 12.9. The Labute approximate surface area is 207 Å². The topological polar surface area (TPSA) is 68.3 Å². The number of hydrogen-bond acceptors (Lipinski definition) is 4. The number of fused-ring (bicyclic) bond motifs is 1. The molecule has 8 heteroatoms. The molecule has 0 saturated carbocycles. The van der Waals surface area contributed by atoms with Crippen LogP contribution in [0.3, 0.4) is 0 Å². The Bertz CT molecular complexity index is 1330. The van der Waals surface area contributed by atoms with E-state index in [4.69, 9.17) is 20.5 Å². The van der Waals surface area contributed by atoms with Gasteiger partial charge in [0.15, 0.2) is 0 Å². The molecule has 2 aromatic heterocycles. The van der Waals surface area contributed by atoms with Gasteiger partial charge in [-0.15, -0.1) is 0 Å². The number of hydrogen-bond donors (Lipinski definition) is 1. The molecule has 0 aliphatic heterocycles. The fourth-order valence-corrected chi connectivity index (χ4v) is 4.46. The molecule has 4 aromatic rings. The summed E-state index contributed by atoms with van der Waals surface area (Å²) in [5, 5.41) is 7.59. The summed E-state index contributed by atoms with van der Waals surface area (Å²) in [7, 11) is 0. The number of carbonyl (C=O) groups excluding carboxylic acids is 1. The van der Waals surface area contributed by atoms with Crippen molar-refractivity contribution in [2.75, 3.05) is 0 Å². The highest BCUT2D eigenvalue weighted by Gasteiger charge is 2.24. The van der Waals surface area contributed by atoms with Crippen LogP contribution in [-0.4, -0.2) is 11.1 Å². The van der Waals surface area contributed by atoms with Crippen LogP contribution >= 0.6 is 11.6 Å². The van der Waals surface area contributed by atoms with Crippen molar-refractivity contribution in [3.05, 3.63) is 75.6 Å². The Balaban J connectivity index is 1.55. The zero-order valence-corrected chi connectivity index (χ0v) is 20.8. The van der Waals surface area contributed by atoms with Crippen LogP contribution < -0.4 is 5.32 Å². The van der Waals surface area contributed by atoms with Gasteiger partial charge in [0, 0.05) is 16.0 Å². The quantitative estimate of drug-likeness (QED) is 0.272. The van der Waals surface area contributed by atoms with Crippen LogP contribution in [0.2, 0.25) is 5.02 Å². The van der Waals surface area contributed by atoms with E-state index in [1.165, 1.54) is 0 Å². The predicted molar refractivity (Wildman–Crippen MR) is 131 cm³/mol. The number of amides is 1. The maximum absolute atomic E-state index is 14.6. The van der Waals surface area contributed by atoms with E-state index >= 15 is 0 Å². The minimum Gasteiger partial charge on any atom is -0.456 e. The van der Waals surface area contributed by atoms with E-state index in [0.717, 1.165) is 34.3 Å². The van der Waals surface area contributed by atoms with Crippen molar-refractivity contribution in [3.8, 4) is 11.3 Å². The third kappa shape index (κ3) is 5.56. The van der Waals surface area contributed by atoms with Crippen LogP contribution in [0.25, 0.3) is 22.3 Å². The normalized spacial score (nSPS) is 12.5. The number of halogens is 3. The number of nitrogens with zero attached hydrogens (tertiary/aromatic N) is 1. The molecule has 4 rings (SSSR count). The van der Waals surface area contributed by atoms with Gasteiger partial charge in [-0.05, 0) is 68.5 Å². The molecule has 0 aliphatic carbocycles. The number of carbonyl (C=O) groups is 1. The van der Waals surface area contributed by atoms with Crippen molar-refractivity contribution in [3.63, 3.8) is 0 Å². The van der Waals surface area contributed by atoms with E-state index in [1.807, 2.05) is 39.8 Å². The van der Waals surface area contributed by atoms with Gasteiger partial charge in [-0.3, -0.25) is 4.79 Å². The van der Waals surface area contributed by atoms with Gasteiger partial charge in [0.05, 0.1) is 23.7 Å². The average molecular weight is 501 g/mol. The van der Waals surface area contributed by atoms with E-state index in [0.29, 0.717) is 35.9 Å². The van der Waals surface area contributed by atoms with Crippen molar-refractivity contribution in [1.29, 1.82) is 0 Å². The first-order valence-corrected chi connectivity index (χ1v) is 11.9. The highest BCUT2D eigenvalue weighted by molar-refractivity contribution is 6.30. The van der Waals surface area contributed by atoms with Crippen LogP contribution in [0.15, 0.2) is 45.3 Å². The fourth-order valence-electron chi connectivity index (χ4n) is 4.27. The third-order valence-corrected chi connectivity index (χ3v) is 6.20. The van der Waals surface area contributed by atoms with Crippen LogP contribution in [-0.2, 0) is 11.2 Å². The van der Waals surface area contributed by atoms with Gasteiger partial charge in [-0.25, -0.2) is 8.78 Å². The maximum Gasteiger partial charge on any atom is 0.224 e. The lowest BCUT2D eigenvalue weighted by molar-refractivity contribution is -0.121. The third-order valence-electron chi connectivity index (χ3n) is 5.99. The number of furan rings is 1. The Morgan fingerprint density at radius 3 is 2.43 bits per heavy atom. The van der Waals surface area contributed by atoms with Crippen molar-refractivity contribution in [2.24, 2.45) is 5.92 Å². The van der Waals surface area contributed by atoms with Gasteiger partial charge in [0.2, 0.25) is 5.91 Å². The van der Waals surface area contributed by atoms with E-state index in [2.05, 4.69) is 10.5 Å². The second-order valence-corrected chi connectivity index (χ2v) is 9.67. The molecule has 0 saturated heterocycles. The highest BCUT2D eigenvalue weighted by atomic mass is 35.5. The Hall–Kier alpha value is -3.19.